The molecule has 0 fully saturated rings. The second kappa shape index (κ2) is 4.26. The van der Waals surface area contributed by atoms with Gasteiger partial charge in [-0.05, 0) is 50.7 Å². The van der Waals surface area contributed by atoms with Gasteiger partial charge < -0.3 is 4.74 Å². The van der Waals surface area contributed by atoms with Crippen molar-refractivity contribution in [3.8, 4) is 5.75 Å². The third-order valence-electron chi connectivity index (χ3n) is 1.56. The van der Waals surface area contributed by atoms with E-state index in [1.165, 1.54) is 13.2 Å². The zero-order valence-electron chi connectivity index (χ0n) is 6.95. The molecule has 1 nitrogen and oxygen atoms in total. The van der Waals surface area contributed by atoms with Crippen LogP contribution in [0, 0.1) is 3.57 Å². The Morgan fingerprint density at radius 2 is 1.93 bits per heavy atom. The molecule has 0 saturated carbocycles. The van der Waals surface area contributed by atoms with Gasteiger partial charge in [0, 0.05) is 0 Å². The largest absolute Gasteiger partial charge is 0.494 e. The molecule has 0 aromatic heterocycles. The molecule has 0 spiro atoms. The predicted octanol–water partition coefficient (Wildman–Crippen LogP) is 4.08. The third-order valence-corrected chi connectivity index (χ3v) is 3.25. The minimum atomic E-state index is -4.34. The van der Waals surface area contributed by atoms with Crippen LogP contribution in [0.3, 0.4) is 0 Å². The number of halogens is 5. The fraction of sp³-hybridized carbons (Fsp3) is 0.250. The van der Waals surface area contributed by atoms with Crippen molar-refractivity contribution in [2.24, 2.45) is 0 Å². The molecule has 0 amide bonds. The van der Waals surface area contributed by atoms with Gasteiger partial charge in [-0.1, -0.05) is 0 Å². The van der Waals surface area contributed by atoms with Crippen molar-refractivity contribution in [1.82, 2.24) is 0 Å². The van der Waals surface area contributed by atoms with Crippen LogP contribution >= 0.6 is 38.5 Å². The molecule has 0 aliphatic heterocycles. The van der Waals surface area contributed by atoms with Crippen LogP contribution in [0.25, 0.3) is 0 Å². The van der Waals surface area contributed by atoms with Crippen LogP contribution in [0.4, 0.5) is 13.2 Å². The monoisotopic (exact) mass is 380 g/mol. The highest BCUT2D eigenvalue weighted by atomic mass is 127. The number of rotatable bonds is 1. The van der Waals surface area contributed by atoms with E-state index in [2.05, 4.69) is 15.9 Å². The van der Waals surface area contributed by atoms with Gasteiger partial charge in [-0.25, -0.2) is 0 Å². The summed E-state index contributed by atoms with van der Waals surface area (Å²) in [5.41, 5.74) is -0.682. The number of hydrogen-bond acceptors (Lipinski definition) is 1. The van der Waals surface area contributed by atoms with Gasteiger partial charge in [0.25, 0.3) is 0 Å². The standard InChI is InChI=1S/C8H5BrF3IO/c1-14-7-5(9)3-2-4(6(7)13)8(10,11)12/h2-3H,1H3. The number of benzene rings is 1. The van der Waals surface area contributed by atoms with Gasteiger partial charge in [-0.2, -0.15) is 13.2 Å². The summed E-state index contributed by atoms with van der Waals surface area (Å²) in [4.78, 5) is 0. The van der Waals surface area contributed by atoms with Crippen molar-refractivity contribution >= 4 is 38.5 Å². The van der Waals surface area contributed by atoms with Crippen molar-refractivity contribution in [3.63, 3.8) is 0 Å². The van der Waals surface area contributed by atoms with Gasteiger partial charge in [-0.15, -0.1) is 0 Å². The van der Waals surface area contributed by atoms with Crippen molar-refractivity contribution < 1.29 is 17.9 Å². The minimum absolute atomic E-state index is 0.0620. The molecule has 0 aliphatic carbocycles. The molecule has 0 atom stereocenters. The Kier molecular flexibility index (Phi) is 3.68. The maximum atomic E-state index is 12.4. The van der Waals surface area contributed by atoms with E-state index in [9.17, 15) is 13.2 Å². The highest BCUT2D eigenvalue weighted by Crippen LogP contribution is 2.40. The Morgan fingerprint density at radius 1 is 1.36 bits per heavy atom. The van der Waals surface area contributed by atoms with Gasteiger partial charge >= 0.3 is 6.18 Å². The summed E-state index contributed by atoms with van der Waals surface area (Å²) >= 11 is 4.73. The Hall–Kier alpha value is 0.0200. The van der Waals surface area contributed by atoms with Crippen molar-refractivity contribution in [3.05, 3.63) is 25.7 Å². The van der Waals surface area contributed by atoms with Crippen molar-refractivity contribution in [1.29, 1.82) is 0 Å². The summed E-state index contributed by atoms with van der Waals surface area (Å²) < 4.78 is 42.7. The molecule has 1 aromatic carbocycles. The van der Waals surface area contributed by atoms with E-state index in [0.29, 0.717) is 4.47 Å². The average Bonchev–Trinajstić information content (AvgIpc) is 2.02. The van der Waals surface area contributed by atoms with Crippen LogP contribution in [-0.2, 0) is 6.18 Å². The second-order valence-corrected chi connectivity index (χ2v) is 4.37. The normalized spacial score (nSPS) is 11.6. The lowest BCUT2D eigenvalue weighted by Gasteiger charge is -2.13. The molecule has 14 heavy (non-hydrogen) atoms. The van der Waals surface area contributed by atoms with E-state index < -0.39 is 11.7 Å². The summed E-state index contributed by atoms with van der Waals surface area (Å²) in [6.07, 6.45) is -4.34. The van der Waals surface area contributed by atoms with E-state index in [0.717, 1.165) is 6.07 Å². The van der Waals surface area contributed by atoms with Crippen LogP contribution in [0.5, 0.6) is 5.75 Å². The van der Waals surface area contributed by atoms with Crippen LogP contribution in [-0.4, -0.2) is 7.11 Å². The lowest BCUT2D eigenvalue weighted by atomic mass is 10.2. The maximum absolute atomic E-state index is 12.4. The highest BCUT2D eigenvalue weighted by Gasteiger charge is 2.34. The lowest BCUT2D eigenvalue weighted by molar-refractivity contribution is -0.138. The topological polar surface area (TPSA) is 9.23 Å². The number of hydrogen-bond donors (Lipinski definition) is 0. The van der Waals surface area contributed by atoms with Gasteiger partial charge in [0.1, 0.15) is 5.75 Å². The van der Waals surface area contributed by atoms with Gasteiger partial charge in [-0.3, -0.25) is 0 Å². The molecule has 0 radical (unpaired) electrons. The first kappa shape index (κ1) is 12.1. The first-order chi connectivity index (χ1) is 6.38. The summed E-state index contributed by atoms with van der Waals surface area (Å²) in [6.45, 7) is 0. The molecule has 0 heterocycles. The molecule has 0 aliphatic rings. The van der Waals surface area contributed by atoms with Gasteiger partial charge in [0.05, 0.1) is 20.7 Å². The highest BCUT2D eigenvalue weighted by molar-refractivity contribution is 14.1. The quantitative estimate of drug-likeness (QED) is 0.667. The summed E-state index contributed by atoms with van der Waals surface area (Å²) in [5, 5.41) is 0. The van der Waals surface area contributed by atoms with E-state index >= 15 is 0 Å². The first-order valence-electron chi connectivity index (χ1n) is 3.47. The zero-order valence-corrected chi connectivity index (χ0v) is 10.7. The van der Waals surface area contributed by atoms with E-state index in [4.69, 9.17) is 4.74 Å². The molecule has 78 valence electrons. The van der Waals surface area contributed by atoms with Crippen molar-refractivity contribution in [2.75, 3.05) is 7.11 Å². The molecule has 0 N–H and O–H groups in total. The van der Waals surface area contributed by atoms with E-state index in [-0.39, 0.29) is 9.32 Å². The fourth-order valence-corrected chi connectivity index (χ4v) is 2.80. The molecule has 0 saturated heterocycles. The van der Waals surface area contributed by atoms with Crippen LogP contribution in [0.1, 0.15) is 5.56 Å². The number of methoxy groups -OCH3 is 1. The van der Waals surface area contributed by atoms with E-state index in [1.807, 2.05) is 0 Å². The molecule has 0 bridgehead atoms. The summed E-state index contributed by atoms with van der Waals surface area (Å²) in [5.74, 6) is 0.209. The SMILES string of the molecule is COc1c(Br)ccc(C(F)(F)F)c1I. The Bertz CT molecular complexity index is 351. The average molecular weight is 381 g/mol. The smallest absolute Gasteiger partial charge is 0.417 e. The minimum Gasteiger partial charge on any atom is -0.494 e. The summed E-state index contributed by atoms with van der Waals surface area (Å²) in [6, 6.07) is 2.35. The van der Waals surface area contributed by atoms with Crippen LogP contribution in [0.2, 0.25) is 0 Å². The van der Waals surface area contributed by atoms with Crippen LogP contribution in [0.15, 0.2) is 16.6 Å². The number of ether oxygens (including phenoxy) is 1. The molecular weight excluding hydrogens is 376 g/mol. The Labute approximate surface area is 101 Å². The molecular formula is C8H5BrF3IO. The fourth-order valence-electron chi connectivity index (χ4n) is 0.939. The molecule has 1 aromatic rings. The molecule has 0 unspecified atom stereocenters. The van der Waals surface area contributed by atoms with Gasteiger partial charge in [0.15, 0.2) is 0 Å². The van der Waals surface area contributed by atoms with E-state index in [1.54, 1.807) is 22.6 Å². The molecule has 1 rings (SSSR count). The maximum Gasteiger partial charge on any atom is 0.417 e. The van der Waals surface area contributed by atoms with Gasteiger partial charge in [0.2, 0.25) is 0 Å². The number of alkyl halides is 3. The second-order valence-electron chi connectivity index (χ2n) is 2.44. The zero-order chi connectivity index (χ0) is 10.9. The third kappa shape index (κ3) is 2.33. The Balaban J connectivity index is 3.36. The molecule has 6 heteroatoms. The lowest BCUT2D eigenvalue weighted by Crippen LogP contribution is -2.08. The Morgan fingerprint density at radius 3 is 2.36 bits per heavy atom. The van der Waals surface area contributed by atoms with Crippen molar-refractivity contribution in [2.45, 2.75) is 6.18 Å². The van der Waals surface area contributed by atoms with Crippen LogP contribution < -0.4 is 4.74 Å². The summed E-state index contributed by atoms with van der Waals surface area (Å²) in [7, 11) is 1.34. The predicted molar refractivity (Wildman–Crippen MR) is 58.4 cm³/mol. The first-order valence-corrected chi connectivity index (χ1v) is 5.34.